The molecule has 0 atom stereocenters. The molecule has 0 heterocycles. The third kappa shape index (κ3) is 4.74. The lowest BCUT2D eigenvalue weighted by atomic mass is 9.67. The van der Waals surface area contributed by atoms with Crippen LogP contribution >= 0.6 is 0 Å². The summed E-state index contributed by atoms with van der Waals surface area (Å²) in [6.45, 7) is 2.03. The Balaban J connectivity index is 2.14. The minimum absolute atomic E-state index is 0.0832. The Hall–Kier alpha value is -0.910. The van der Waals surface area contributed by atoms with E-state index in [0.717, 1.165) is 38.5 Å². The van der Waals surface area contributed by atoms with Crippen LogP contribution in [0.5, 0.6) is 0 Å². The average Bonchev–Trinajstić information content (AvgIpc) is 2.73. The molecule has 2 rings (SSSR count). The van der Waals surface area contributed by atoms with E-state index in [4.69, 9.17) is 0 Å². The van der Waals surface area contributed by atoms with Gasteiger partial charge in [0.25, 0.3) is 0 Å². The van der Waals surface area contributed by atoms with Gasteiger partial charge in [-0.3, -0.25) is 0 Å². The van der Waals surface area contributed by atoms with Crippen molar-refractivity contribution in [1.29, 1.82) is 0 Å². The van der Waals surface area contributed by atoms with Crippen LogP contribution in [-0.4, -0.2) is 35.8 Å². The Morgan fingerprint density at radius 1 is 0.500 bits per heavy atom. The van der Waals surface area contributed by atoms with Gasteiger partial charge in [-0.2, -0.15) is 57.1 Å². The average molecular weight is 526 g/mol. The fourth-order valence-electron chi connectivity index (χ4n) is 5.35. The van der Waals surface area contributed by atoms with E-state index in [2.05, 4.69) is 0 Å². The predicted octanol–water partition coefficient (Wildman–Crippen LogP) is 9.14. The second-order valence-electron chi connectivity index (χ2n) is 9.60. The van der Waals surface area contributed by atoms with Crippen LogP contribution in [0, 0.1) is 23.7 Å². The Morgan fingerprint density at radius 3 is 1.26 bits per heavy atom. The highest BCUT2D eigenvalue weighted by atomic mass is 19.4. The van der Waals surface area contributed by atoms with Crippen LogP contribution in [0.1, 0.15) is 71.1 Å². The summed E-state index contributed by atoms with van der Waals surface area (Å²) in [7, 11) is 0. The van der Waals surface area contributed by atoms with Crippen LogP contribution in [0.3, 0.4) is 0 Å². The van der Waals surface area contributed by atoms with Crippen molar-refractivity contribution in [3.05, 3.63) is 0 Å². The molecule has 202 valence electrons. The van der Waals surface area contributed by atoms with Crippen molar-refractivity contribution in [2.24, 2.45) is 23.7 Å². The first-order valence-corrected chi connectivity index (χ1v) is 11.2. The number of alkyl halides is 13. The minimum Gasteiger partial charge on any atom is -0.199 e. The zero-order valence-electron chi connectivity index (χ0n) is 18.3. The molecule has 0 N–H and O–H groups in total. The van der Waals surface area contributed by atoms with Gasteiger partial charge in [-0.1, -0.05) is 32.6 Å². The fraction of sp³-hybridized carbons (Fsp3) is 1.00. The lowest BCUT2D eigenvalue weighted by Gasteiger charge is -2.44. The smallest absolute Gasteiger partial charge is 0.199 e. The van der Waals surface area contributed by atoms with Crippen molar-refractivity contribution in [2.45, 2.75) is 107 Å². The molecule has 34 heavy (non-hydrogen) atoms. The van der Waals surface area contributed by atoms with E-state index in [1.54, 1.807) is 0 Å². The SMILES string of the molecule is CCC[C@H]1CC[C@H](C2CCC(C(F)(F)C(F)(F)C(F)(F)C(F)(F)C(F)(F)C(F)(F)F)CC2)CC1. The topological polar surface area (TPSA) is 0 Å². The second kappa shape index (κ2) is 9.52. The minimum atomic E-state index is -7.82. The van der Waals surface area contributed by atoms with E-state index in [-0.39, 0.29) is 24.7 Å². The summed E-state index contributed by atoms with van der Waals surface area (Å²) in [6, 6.07) is 0. The third-order valence-electron chi connectivity index (χ3n) is 7.50. The standard InChI is InChI=1S/C21H27F13/c1-2-3-12-4-6-13(7-5-12)14-8-10-15(11-9-14)16(22,23)17(24,25)18(26,27)19(28,29)20(30,31)21(32,33)34/h12-15H,2-11H2,1H3/t12-,13-,14?,15?. The molecule has 0 aliphatic heterocycles. The van der Waals surface area contributed by atoms with Gasteiger partial charge in [-0.25, -0.2) is 0 Å². The Morgan fingerprint density at radius 2 is 0.882 bits per heavy atom. The first kappa shape index (κ1) is 29.3. The summed E-state index contributed by atoms with van der Waals surface area (Å²) in [4.78, 5) is 0. The quantitative estimate of drug-likeness (QED) is 0.277. The maximum Gasteiger partial charge on any atom is 0.460 e. The Kier molecular flexibility index (Phi) is 8.21. The molecular weight excluding hydrogens is 499 g/mol. The lowest BCUT2D eigenvalue weighted by Crippen LogP contribution is -2.71. The van der Waals surface area contributed by atoms with Gasteiger partial charge >= 0.3 is 35.8 Å². The molecule has 2 aliphatic carbocycles. The second-order valence-corrected chi connectivity index (χ2v) is 9.60. The Labute approximate surface area is 188 Å². The van der Waals surface area contributed by atoms with E-state index in [9.17, 15) is 57.1 Å². The largest absolute Gasteiger partial charge is 0.460 e. The Bertz CT molecular complexity index is 667. The third-order valence-corrected chi connectivity index (χ3v) is 7.50. The highest BCUT2D eigenvalue weighted by molar-refractivity contribution is 5.11. The maximum atomic E-state index is 14.4. The highest BCUT2D eigenvalue weighted by Gasteiger charge is 2.91. The van der Waals surface area contributed by atoms with Crippen LogP contribution in [-0.2, 0) is 0 Å². The number of hydrogen-bond donors (Lipinski definition) is 0. The van der Waals surface area contributed by atoms with Gasteiger partial charge in [0, 0.05) is 5.92 Å². The van der Waals surface area contributed by atoms with Gasteiger partial charge < -0.3 is 0 Å². The first-order chi connectivity index (χ1) is 15.3. The van der Waals surface area contributed by atoms with Crippen molar-refractivity contribution >= 4 is 0 Å². The van der Waals surface area contributed by atoms with E-state index < -0.39 is 54.5 Å². The molecule has 0 radical (unpaired) electrons. The van der Waals surface area contributed by atoms with Crippen molar-refractivity contribution < 1.29 is 57.1 Å². The van der Waals surface area contributed by atoms with Crippen molar-refractivity contribution in [2.75, 3.05) is 0 Å². The molecule has 2 saturated carbocycles. The lowest BCUT2D eigenvalue weighted by molar-refractivity contribution is -0.443. The molecular formula is C21H27F13. The molecule has 0 aromatic carbocycles. The molecule has 2 aliphatic rings. The monoisotopic (exact) mass is 526 g/mol. The van der Waals surface area contributed by atoms with E-state index in [0.29, 0.717) is 5.92 Å². The predicted molar refractivity (Wildman–Crippen MR) is 96.6 cm³/mol. The van der Waals surface area contributed by atoms with Gasteiger partial charge in [0.2, 0.25) is 0 Å². The van der Waals surface area contributed by atoms with Crippen LogP contribution in [0.15, 0.2) is 0 Å². The zero-order valence-corrected chi connectivity index (χ0v) is 18.3. The maximum absolute atomic E-state index is 14.4. The molecule has 0 aromatic heterocycles. The summed E-state index contributed by atoms with van der Waals surface area (Å²) in [5, 5.41) is 0. The highest BCUT2D eigenvalue weighted by Crippen LogP contribution is 2.62. The summed E-state index contributed by atoms with van der Waals surface area (Å²) in [5.41, 5.74) is 0. The summed E-state index contributed by atoms with van der Waals surface area (Å²) < 4.78 is 174. The molecule has 0 aromatic rings. The molecule has 0 nitrogen and oxygen atoms in total. The number of rotatable bonds is 8. The van der Waals surface area contributed by atoms with Gasteiger partial charge in [0.15, 0.2) is 0 Å². The number of halogens is 13. The van der Waals surface area contributed by atoms with Crippen LogP contribution in [0.4, 0.5) is 57.1 Å². The molecule has 0 bridgehead atoms. The van der Waals surface area contributed by atoms with Crippen LogP contribution < -0.4 is 0 Å². The molecule has 2 fully saturated rings. The molecule has 0 saturated heterocycles. The molecule has 0 spiro atoms. The molecule has 0 unspecified atom stereocenters. The summed E-state index contributed by atoms with van der Waals surface area (Å²) in [6.07, 6.45) is -3.66. The van der Waals surface area contributed by atoms with Gasteiger partial charge in [0.1, 0.15) is 0 Å². The van der Waals surface area contributed by atoms with Crippen molar-refractivity contribution in [3.63, 3.8) is 0 Å². The fourth-order valence-corrected chi connectivity index (χ4v) is 5.35. The van der Waals surface area contributed by atoms with Crippen molar-refractivity contribution in [1.82, 2.24) is 0 Å². The van der Waals surface area contributed by atoms with E-state index in [1.807, 2.05) is 6.92 Å². The van der Waals surface area contributed by atoms with Gasteiger partial charge in [-0.15, -0.1) is 0 Å². The molecule has 0 amide bonds. The van der Waals surface area contributed by atoms with E-state index >= 15 is 0 Å². The van der Waals surface area contributed by atoms with Crippen molar-refractivity contribution in [3.8, 4) is 0 Å². The first-order valence-electron chi connectivity index (χ1n) is 11.2. The number of hydrogen-bond acceptors (Lipinski definition) is 0. The summed E-state index contributed by atoms with van der Waals surface area (Å²) in [5.74, 6) is -38.4. The van der Waals surface area contributed by atoms with Gasteiger partial charge in [-0.05, 0) is 56.3 Å². The zero-order chi connectivity index (χ0) is 26.4. The van der Waals surface area contributed by atoms with Crippen LogP contribution in [0.25, 0.3) is 0 Å². The van der Waals surface area contributed by atoms with E-state index in [1.165, 1.54) is 0 Å². The molecule has 13 heteroatoms. The van der Waals surface area contributed by atoms with Gasteiger partial charge in [0.05, 0.1) is 0 Å². The van der Waals surface area contributed by atoms with Crippen LogP contribution in [0.2, 0.25) is 0 Å². The normalized spacial score (nSPS) is 28.8. The summed E-state index contributed by atoms with van der Waals surface area (Å²) >= 11 is 0.